The summed E-state index contributed by atoms with van der Waals surface area (Å²) in [6.07, 6.45) is 1.61. The van der Waals surface area contributed by atoms with E-state index in [0.29, 0.717) is 12.4 Å². The van der Waals surface area contributed by atoms with Crippen LogP contribution in [0.4, 0.5) is 5.82 Å². The fourth-order valence-corrected chi connectivity index (χ4v) is 2.86. The van der Waals surface area contributed by atoms with Crippen molar-refractivity contribution in [3.63, 3.8) is 0 Å². The van der Waals surface area contributed by atoms with Crippen molar-refractivity contribution in [3.05, 3.63) is 54.0 Å². The van der Waals surface area contributed by atoms with Crippen LogP contribution in [0.2, 0.25) is 0 Å². The monoisotopic (exact) mass is 295 g/mol. The molecule has 1 atom stereocenters. The summed E-state index contributed by atoms with van der Waals surface area (Å²) in [5.74, 6) is 1.65. The maximum absolute atomic E-state index is 5.94. The molecule has 1 aliphatic heterocycles. The molecule has 0 spiro atoms. The molecule has 6 heteroatoms. The molecular weight excluding hydrogens is 278 g/mol. The fraction of sp³-hybridized carbons (Fsp3) is 0.312. The first-order chi connectivity index (χ1) is 10.8. The average Bonchev–Trinajstić information content (AvgIpc) is 3.03. The highest BCUT2D eigenvalue weighted by atomic mass is 16.5. The van der Waals surface area contributed by atoms with Crippen molar-refractivity contribution in [2.24, 2.45) is 0 Å². The molecular formula is C16H17N5O. The van der Waals surface area contributed by atoms with Gasteiger partial charge in [-0.2, -0.15) is 14.6 Å². The van der Waals surface area contributed by atoms with Gasteiger partial charge in [-0.25, -0.2) is 4.98 Å². The smallest absolute Gasteiger partial charge is 0.254 e. The topological polar surface area (TPSA) is 55.6 Å². The molecule has 4 rings (SSSR count). The second-order valence-electron chi connectivity index (χ2n) is 5.44. The maximum Gasteiger partial charge on any atom is 0.254 e. The van der Waals surface area contributed by atoms with Gasteiger partial charge in [0.1, 0.15) is 18.2 Å². The molecule has 0 radical (unpaired) electrons. The summed E-state index contributed by atoms with van der Waals surface area (Å²) in [6.45, 7) is 4.30. The number of aryl methyl sites for hydroxylation is 1. The standard InChI is InChI=1S/C16H17N5O/c1-12-9-15(21-16(19-12)17-11-18-21)20-7-8-22-14(10-20)13-5-3-2-4-6-13/h2-6,9,11,14H,7-8,10H2,1H3/t14-/m0/s1. The molecule has 2 aromatic heterocycles. The highest BCUT2D eigenvalue weighted by molar-refractivity contribution is 5.47. The highest BCUT2D eigenvalue weighted by Gasteiger charge is 2.24. The lowest BCUT2D eigenvalue weighted by molar-refractivity contribution is 0.0394. The van der Waals surface area contributed by atoms with Crippen LogP contribution in [0.1, 0.15) is 17.4 Å². The van der Waals surface area contributed by atoms with Crippen molar-refractivity contribution in [3.8, 4) is 0 Å². The molecule has 0 amide bonds. The van der Waals surface area contributed by atoms with Gasteiger partial charge in [0.15, 0.2) is 0 Å². The predicted molar refractivity (Wildman–Crippen MR) is 82.9 cm³/mol. The summed E-state index contributed by atoms with van der Waals surface area (Å²) in [6, 6.07) is 12.4. The number of hydrogen-bond donors (Lipinski definition) is 0. The predicted octanol–water partition coefficient (Wildman–Crippen LogP) is 2.01. The van der Waals surface area contributed by atoms with Gasteiger partial charge in [-0.15, -0.1) is 0 Å². The van der Waals surface area contributed by atoms with E-state index in [0.717, 1.165) is 24.6 Å². The van der Waals surface area contributed by atoms with Gasteiger partial charge in [0.2, 0.25) is 0 Å². The lowest BCUT2D eigenvalue weighted by atomic mass is 10.1. The molecule has 3 aromatic rings. The zero-order chi connectivity index (χ0) is 14.9. The van der Waals surface area contributed by atoms with E-state index >= 15 is 0 Å². The molecule has 0 bridgehead atoms. The van der Waals surface area contributed by atoms with E-state index in [1.165, 1.54) is 5.56 Å². The number of benzene rings is 1. The van der Waals surface area contributed by atoms with Crippen molar-refractivity contribution < 1.29 is 4.74 Å². The molecule has 0 saturated carbocycles. The summed E-state index contributed by atoms with van der Waals surface area (Å²) in [5.41, 5.74) is 2.14. The van der Waals surface area contributed by atoms with E-state index in [-0.39, 0.29) is 6.10 Å². The first-order valence-corrected chi connectivity index (χ1v) is 7.40. The van der Waals surface area contributed by atoms with Crippen LogP contribution < -0.4 is 4.90 Å². The van der Waals surface area contributed by atoms with Crippen LogP contribution in [-0.4, -0.2) is 39.3 Å². The number of nitrogens with zero attached hydrogens (tertiary/aromatic N) is 5. The van der Waals surface area contributed by atoms with Gasteiger partial charge in [-0.1, -0.05) is 30.3 Å². The van der Waals surface area contributed by atoms with Crippen LogP contribution >= 0.6 is 0 Å². The molecule has 1 fully saturated rings. The van der Waals surface area contributed by atoms with Gasteiger partial charge in [-0.3, -0.25) is 0 Å². The quantitative estimate of drug-likeness (QED) is 0.724. The average molecular weight is 295 g/mol. The van der Waals surface area contributed by atoms with E-state index in [2.05, 4.69) is 38.2 Å². The van der Waals surface area contributed by atoms with E-state index in [4.69, 9.17) is 4.74 Å². The van der Waals surface area contributed by atoms with Gasteiger partial charge < -0.3 is 9.64 Å². The number of aromatic nitrogens is 4. The summed E-state index contributed by atoms with van der Waals surface area (Å²) in [4.78, 5) is 10.9. The van der Waals surface area contributed by atoms with E-state index in [9.17, 15) is 0 Å². The third-order valence-corrected chi connectivity index (χ3v) is 3.92. The molecule has 0 unspecified atom stereocenters. The van der Waals surface area contributed by atoms with Gasteiger partial charge in [-0.05, 0) is 12.5 Å². The van der Waals surface area contributed by atoms with Crippen LogP contribution in [0.5, 0.6) is 0 Å². The lowest BCUT2D eigenvalue weighted by Gasteiger charge is -2.34. The SMILES string of the molecule is Cc1cc(N2CCO[C@H](c3ccccc3)C2)n2ncnc2n1. The second-order valence-corrected chi connectivity index (χ2v) is 5.44. The molecule has 6 nitrogen and oxygen atoms in total. The largest absolute Gasteiger partial charge is 0.370 e. The van der Waals surface area contributed by atoms with Gasteiger partial charge in [0, 0.05) is 24.8 Å². The minimum absolute atomic E-state index is 0.0713. The molecule has 1 saturated heterocycles. The van der Waals surface area contributed by atoms with Gasteiger partial charge in [0.25, 0.3) is 5.78 Å². The lowest BCUT2D eigenvalue weighted by Crippen LogP contribution is -2.39. The van der Waals surface area contributed by atoms with Crippen LogP contribution in [0.25, 0.3) is 5.78 Å². The highest BCUT2D eigenvalue weighted by Crippen LogP contribution is 2.26. The number of rotatable bonds is 2. The maximum atomic E-state index is 5.94. The minimum Gasteiger partial charge on any atom is -0.370 e. The van der Waals surface area contributed by atoms with Crippen LogP contribution in [0.15, 0.2) is 42.7 Å². The third-order valence-electron chi connectivity index (χ3n) is 3.92. The fourth-order valence-electron chi connectivity index (χ4n) is 2.86. The number of anilines is 1. The Labute approximate surface area is 128 Å². The van der Waals surface area contributed by atoms with Crippen molar-refractivity contribution in [1.82, 2.24) is 19.6 Å². The first-order valence-electron chi connectivity index (χ1n) is 7.40. The third kappa shape index (κ3) is 2.31. The van der Waals surface area contributed by atoms with E-state index in [1.54, 1.807) is 10.8 Å². The van der Waals surface area contributed by atoms with Crippen molar-refractivity contribution >= 4 is 11.6 Å². The zero-order valence-electron chi connectivity index (χ0n) is 12.4. The number of hydrogen-bond acceptors (Lipinski definition) is 5. The van der Waals surface area contributed by atoms with Crippen LogP contribution in [-0.2, 0) is 4.74 Å². The Morgan fingerprint density at radius 2 is 2.09 bits per heavy atom. The second kappa shape index (κ2) is 5.38. The van der Waals surface area contributed by atoms with Crippen molar-refractivity contribution in [1.29, 1.82) is 0 Å². The molecule has 112 valence electrons. The van der Waals surface area contributed by atoms with E-state index < -0.39 is 0 Å². The van der Waals surface area contributed by atoms with Crippen molar-refractivity contribution in [2.75, 3.05) is 24.6 Å². The Balaban J connectivity index is 1.68. The Hall–Kier alpha value is -2.47. The van der Waals surface area contributed by atoms with E-state index in [1.807, 2.05) is 25.1 Å². The minimum atomic E-state index is 0.0713. The summed E-state index contributed by atoms with van der Waals surface area (Å²) in [7, 11) is 0. The van der Waals surface area contributed by atoms with Crippen LogP contribution in [0, 0.1) is 6.92 Å². The number of ether oxygens (including phenoxy) is 1. The Morgan fingerprint density at radius 1 is 1.23 bits per heavy atom. The summed E-state index contributed by atoms with van der Waals surface area (Å²) in [5, 5.41) is 4.29. The zero-order valence-corrected chi connectivity index (χ0v) is 12.4. The summed E-state index contributed by atoms with van der Waals surface area (Å²) >= 11 is 0. The molecule has 1 aliphatic rings. The molecule has 3 heterocycles. The normalized spacial score (nSPS) is 18.8. The molecule has 22 heavy (non-hydrogen) atoms. The number of fused-ring (bicyclic) bond motifs is 1. The first kappa shape index (κ1) is 13.2. The number of morpholine rings is 1. The van der Waals surface area contributed by atoms with Gasteiger partial charge in [0.05, 0.1) is 6.61 Å². The molecule has 0 aliphatic carbocycles. The molecule has 1 aromatic carbocycles. The Kier molecular flexibility index (Phi) is 3.23. The van der Waals surface area contributed by atoms with Gasteiger partial charge >= 0.3 is 0 Å². The van der Waals surface area contributed by atoms with Crippen molar-refractivity contribution in [2.45, 2.75) is 13.0 Å². The Bertz CT molecular complexity index is 786. The molecule has 0 N–H and O–H groups in total. The summed E-state index contributed by atoms with van der Waals surface area (Å²) < 4.78 is 7.73. The van der Waals surface area contributed by atoms with Crippen LogP contribution in [0.3, 0.4) is 0 Å². The Morgan fingerprint density at radius 3 is 2.95 bits per heavy atom.